The molecule has 2 saturated carbocycles. The quantitative estimate of drug-likeness (QED) is 0.139. The number of morpholine rings is 1. The second kappa shape index (κ2) is 16.9. The Morgan fingerprint density at radius 1 is 1.02 bits per heavy atom. The van der Waals surface area contributed by atoms with Crippen molar-refractivity contribution < 1.29 is 27.9 Å². The molecule has 10 rings (SSSR count). The van der Waals surface area contributed by atoms with E-state index in [2.05, 4.69) is 46.5 Å². The first-order chi connectivity index (χ1) is 30.5. The summed E-state index contributed by atoms with van der Waals surface area (Å²) in [4.78, 5) is 67.5. The number of hydrogen-bond acceptors (Lipinski definition) is 12. The standard InChI is InChI=1S/C44H54F2N12O5/c1-53-39-30(3-2-4-34(39)58(44(53)62)35-9-10-37(59)51-43(35)61)31-17-26(31)21-55-15-13-54(14-16-55)20-25-5-7-27(8-6-25)57-23-33(38(52-57)40(45)46)49-42(60)32(19-47)41-48-12-11-36(50-41)56-22-29-18-28(56)24-63-29/h2-4,11-12,19,23,25-29,31,35,40H,5-10,13-18,20-22,24,47H2,1H3,(H,49,60)(H,51,59,61)/b32-19+/t25?,26-,27?,28?,29-,31+,35?/m1/s1. The zero-order chi connectivity index (χ0) is 43.5. The summed E-state index contributed by atoms with van der Waals surface area (Å²) in [6.07, 6.45) is 7.47. The molecule has 3 aromatic heterocycles. The molecule has 0 spiro atoms. The highest BCUT2D eigenvalue weighted by Gasteiger charge is 2.43. The summed E-state index contributed by atoms with van der Waals surface area (Å²) in [6.45, 7) is 7.26. The van der Waals surface area contributed by atoms with E-state index in [0.717, 1.165) is 101 Å². The van der Waals surface area contributed by atoms with Gasteiger partial charge in [0.25, 0.3) is 12.3 Å². The van der Waals surface area contributed by atoms with Gasteiger partial charge < -0.3 is 30.5 Å². The van der Waals surface area contributed by atoms with Crippen molar-refractivity contribution in [1.29, 1.82) is 0 Å². The van der Waals surface area contributed by atoms with Gasteiger partial charge in [-0.25, -0.2) is 23.5 Å². The van der Waals surface area contributed by atoms with Crippen molar-refractivity contribution in [1.82, 2.24) is 44.0 Å². The van der Waals surface area contributed by atoms with Crippen molar-refractivity contribution >= 4 is 45.8 Å². The number of halogens is 2. The van der Waals surface area contributed by atoms with Crippen LogP contribution in [-0.2, 0) is 26.2 Å². The third kappa shape index (κ3) is 8.03. The molecule has 63 heavy (non-hydrogen) atoms. The number of fused-ring (bicyclic) bond motifs is 3. The van der Waals surface area contributed by atoms with Gasteiger partial charge in [0.05, 0.1) is 47.1 Å². The molecule has 334 valence electrons. The number of aromatic nitrogens is 6. The molecule has 7 heterocycles. The van der Waals surface area contributed by atoms with Crippen LogP contribution in [0.4, 0.5) is 20.3 Å². The number of benzene rings is 1. The summed E-state index contributed by atoms with van der Waals surface area (Å²) in [5.41, 5.74) is 7.85. The summed E-state index contributed by atoms with van der Waals surface area (Å²) in [5, 5.41) is 9.30. The van der Waals surface area contributed by atoms with E-state index in [4.69, 9.17) is 10.5 Å². The van der Waals surface area contributed by atoms with Crippen LogP contribution in [0.1, 0.15) is 92.9 Å². The first-order valence-electron chi connectivity index (χ1n) is 22.3. The van der Waals surface area contributed by atoms with E-state index in [0.29, 0.717) is 43.1 Å². The number of imidazole rings is 1. The van der Waals surface area contributed by atoms with E-state index in [9.17, 15) is 28.0 Å². The van der Waals surface area contributed by atoms with E-state index < -0.39 is 30.0 Å². The molecular weight excluding hydrogens is 815 g/mol. The van der Waals surface area contributed by atoms with Crippen LogP contribution in [-0.4, -0.2) is 121 Å². The Hall–Kier alpha value is -5.53. The normalized spacial score (nSPS) is 28.0. The van der Waals surface area contributed by atoms with Crippen molar-refractivity contribution in [2.24, 2.45) is 24.6 Å². The number of carbonyl (C=O) groups is 3. The maximum absolute atomic E-state index is 14.3. The van der Waals surface area contributed by atoms with Gasteiger partial charge in [0, 0.05) is 77.9 Å². The second-order valence-electron chi connectivity index (χ2n) is 18.3. The number of anilines is 2. The van der Waals surface area contributed by atoms with Crippen molar-refractivity contribution in [2.45, 2.75) is 87.9 Å². The zero-order valence-electron chi connectivity index (χ0n) is 35.4. The minimum absolute atomic E-state index is 0.0214. The fraction of sp³-hybridized carbons (Fsp3) is 0.568. The number of nitrogens with one attached hydrogen (secondary N) is 2. The molecular formula is C44H54F2N12O5. The fourth-order valence-corrected chi connectivity index (χ4v) is 10.9. The molecule has 2 aliphatic carbocycles. The number of carbonyl (C=O) groups excluding carboxylic acids is 3. The van der Waals surface area contributed by atoms with Crippen LogP contribution in [0.15, 0.2) is 47.7 Å². The molecule has 0 radical (unpaired) electrons. The number of nitrogens with two attached hydrogens (primary N) is 1. The van der Waals surface area contributed by atoms with Crippen LogP contribution in [0, 0.1) is 11.8 Å². The van der Waals surface area contributed by atoms with E-state index in [-0.39, 0.29) is 53.3 Å². The number of piperidine rings is 1. The minimum Gasteiger partial charge on any atom is -0.404 e. The second-order valence-corrected chi connectivity index (χ2v) is 18.3. The summed E-state index contributed by atoms with van der Waals surface area (Å²) in [5.74, 6) is 0.688. The summed E-state index contributed by atoms with van der Waals surface area (Å²) in [6, 6.07) is 7.21. The number of nitrogens with zero attached hydrogens (tertiary/aromatic N) is 9. The molecule has 2 bridgehead atoms. The van der Waals surface area contributed by atoms with E-state index in [1.165, 1.54) is 6.20 Å². The number of ether oxygens (including phenoxy) is 1. The average molecular weight is 869 g/mol. The Bertz CT molecular complexity index is 2500. The molecule has 6 aliphatic rings. The molecule has 2 unspecified atom stereocenters. The van der Waals surface area contributed by atoms with Crippen molar-refractivity contribution in [3.8, 4) is 0 Å². The highest BCUT2D eigenvalue weighted by molar-refractivity contribution is 6.24. The first-order valence-corrected chi connectivity index (χ1v) is 22.3. The predicted molar refractivity (Wildman–Crippen MR) is 229 cm³/mol. The van der Waals surface area contributed by atoms with Crippen LogP contribution in [0.25, 0.3) is 16.6 Å². The third-order valence-electron chi connectivity index (χ3n) is 14.3. The Labute approximate surface area is 362 Å². The van der Waals surface area contributed by atoms with Crippen LogP contribution < -0.4 is 27.0 Å². The van der Waals surface area contributed by atoms with Crippen molar-refractivity contribution in [3.05, 3.63) is 70.4 Å². The molecule has 6 fully saturated rings. The lowest BCUT2D eigenvalue weighted by molar-refractivity contribution is -0.135. The lowest BCUT2D eigenvalue weighted by atomic mass is 9.85. The number of aryl methyl sites for hydroxylation is 1. The van der Waals surface area contributed by atoms with Gasteiger partial charge in [-0.1, -0.05) is 12.1 Å². The Morgan fingerprint density at radius 3 is 2.49 bits per heavy atom. The molecule has 4 saturated heterocycles. The molecule has 17 nitrogen and oxygen atoms in total. The number of rotatable bonds is 12. The monoisotopic (exact) mass is 868 g/mol. The summed E-state index contributed by atoms with van der Waals surface area (Å²) in [7, 11) is 1.76. The Morgan fingerprint density at radius 2 is 1.79 bits per heavy atom. The summed E-state index contributed by atoms with van der Waals surface area (Å²) < 4.78 is 39.1. The minimum atomic E-state index is -2.88. The average Bonchev–Trinajstić information content (AvgIpc) is 3.60. The van der Waals surface area contributed by atoms with Gasteiger partial charge in [-0.2, -0.15) is 5.10 Å². The fourth-order valence-electron chi connectivity index (χ4n) is 10.9. The van der Waals surface area contributed by atoms with Gasteiger partial charge in [0.1, 0.15) is 11.9 Å². The van der Waals surface area contributed by atoms with E-state index in [1.807, 2.05) is 12.1 Å². The molecule has 5 atom stereocenters. The Kier molecular flexibility index (Phi) is 11.1. The van der Waals surface area contributed by atoms with Crippen molar-refractivity contribution in [3.63, 3.8) is 0 Å². The number of imide groups is 1. The maximum Gasteiger partial charge on any atom is 0.329 e. The smallest absolute Gasteiger partial charge is 0.329 e. The van der Waals surface area contributed by atoms with Gasteiger partial charge in [0.2, 0.25) is 11.8 Å². The molecule has 1 aromatic carbocycles. The SMILES string of the molecule is Cn1c(=O)n(C2CCC(=O)NC2=O)c2cccc([C@H]3C[C@@H]3CN3CCN(CC4CCC(n5cc(NC(=O)/C(=C/N)c6nccc(N7C[C@H]8CC7CO8)n6)c(C(F)F)n5)CC4)CC3)c21. The Balaban J connectivity index is 0.703. The zero-order valence-corrected chi connectivity index (χ0v) is 35.4. The number of para-hydroxylation sites is 1. The lowest BCUT2D eigenvalue weighted by Gasteiger charge is -2.38. The highest BCUT2D eigenvalue weighted by Crippen LogP contribution is 2.50. The number of alkyl halides is 2. The molecule has 19 heteroatoms. The van der Waals surface area contributed by atoms with Crippen LogP contribution in [0.2, 0.25) is 0 Å². The molecule has 4 N–H and O–H groups in total. The van der Waals surface area contributed by atoms with Gasteiger partial charge in [-0.05, 0) is 80.4 Å². The van der Waals surface area contributed by atoms with Gasteiger partial charge in [0.15, 0.2) is 11.5 Å². The van der Waals surface area contributed by atoms with Gasteiger partial charge in [-0.15, -0.1) is 0 Å². The van der Waals surface area contributed by atoms with Crippen LogP contribution in [0.3, 0.4) is 0 Å². The van der Waals surface area contributed by atoms with E-state index >= 15 is 0 Å². The largest absolute Gasteiger partial charge is 0.404 e. The van der Waals surface area contributed by atoms with Gasteiger partial charge >= 0.3 is 5.69 Å². The predicted octanol–water partition coefficient (Wildman–Crippen LogP) is 3.31. The number of amides is 3. The van der Waals surface area contributed by atoms with Crippen LogP contribution >= 0.6 is 0 Å². The maximum atomic E-state index is 14.3. The lowest BCUT2D eigenvalue weighted by Crippen LogP contribution is -2.48. The third-order valence-corrected chi connectivity index (χ3v) is 14.3. The summed E-state index contributed by atoms with van der Waals surface area (Å²) >= 11 is 0. The highest BCUT2D eigenvalue weighted by atomic mass is 19.3. The van der Waals surface area contributed by atoms with Gasteiger partial charge in [-0.3, -0.25) is 33.5 Å². The van der Waals surface area contributed by atoms with E-state index in [1.54, 1.807) is 33.1 Å². The molecule has 4 aliphatic heterocycles. The molecule has 3 amide bonds. The topological polar surface area (TPSA) is 191 Å². The van der Waals surface area contributed by atoms with Crippen molar-refractivity contribution in [2.75, 3.05) is 62.6 Å². The number of piperazine rings is 1. The van der Waals surface area contributed by atoms with Crippen LogP contribution in [0.5, 0.6) is 0 Å². The molecule has 4 aromatic rings. The first kappa shape index (κ1) is 41.5. The number of hydrogen-bond donors (Lipinski definition) is 3.